The predicted molar refractivity (Wildman–Crippen MR) is 48.9 cm³/mol. The predicted octanol–water partition coefficient (Wildman–Crippen LogP) is 0.718. The van der Waals surface area contributed by atoms with E-state index in [1.165, 1.54) is 6.34 Å². The summed E-state index contributed by atoms with van der Waals surface area (Å²) in [6.07, 6.45) is 2.46. The van der Waals surface area contributed by atoms with Crippen molar-refractivity contribution in [1.29, 1.82) is 0 Å². The second kappa shape index (κ2) is 2.85. The Bertz CT molecular complexity index is 342. The summed E-state index contributed by atoms with van der Waals surface area (Å²) >= 11 is 0. The summed E-state index contributed by atoms with van der Waals surface area (Å²) in [6.45, 7) is 4.10. The van der Waals surface area contributed by atoms with Gasteiger partial charge in [0.15, 0.2) is 12.0 Å². The van der Waals surface area contributed by atoms with Crippen LogP contribution in [0.25, 0.3) is 0 Å². The highest BCUT2D eigenvalue weighted by Gasteiger charge is 2.20. The third-order valence-electron chi connectivity index (χ3n) is 2.03. The number of imidazole rings is 1. The lowest BCUT2D eigenvalue weighted by Crippen LogP contribution is -2.22. The molecule has 0 amide bonds. The topological polar surface area (TPSA) is 62.4 Å². The Balaban J connectivity index is 2.49. The molecule has 13 heavy (non-hydrogen) atoms. The van der Waals surface area contributed by atoms with E-state index in [1.54, 1.807) is 6.33 Å². The maximum absolute atomic E-state index is 9.48. The molecule has 2 heterocycles. The summed E-state index contributed by atoms with van der Waals surface area (Å²) in [4.78, 5) is 8.22. The smallest absolute Gasteiger partial charge is 0.172 e. The Hall–Kier alpha value is -1.36. The molecular weight excluding hydrogens is 168 g/mol. The zero-order valence-electron chi connectivity index (χ0n) is 7.60. The molecule has 70 valence electrons. The van der Waals surface area contributed by atoms with Gasteiger partial charge in [-0.3, -0.25) is 0 Å². The highest BCUT2D eigenvalue weighted by Crippen LogP contribution is 2.27. The SMILES string of the molecule is CC(C)n1cnc2c1N=CNC2O. The monoisotopic (exact) mass is 180 g/mol. The van der Waals surface area contributed by atoms with Crippen LogP contribution in [0.2, 0.25) is 0 Å². The van der Waals surface area contributed by atoms with Crippen LogP contribution in [-0.2, 0) is 0 Å². The van der Waals surface area contributed by atoms with Gasteiger partial charge >= 0.3 is 0 Å². The minimum atomic E-state index is -0.729. The standard InChI is InChI=1S/C8H12N4O/c1-5(2)12-4-11-6-7(12)9-3-10-8(6)13/h3-5,8,13H,1-2H3,(H,9,10). The summed E-state index contributed by atoms with van der Waals surface area (Å²) in [5.74, 6) is 0.737. The number of aliphatic hydroxyl groups excluding tert-OH is 1. The molecule has 0 aromatic carbocycles. The fraction of sp³-hybridized carbons (Fsp3) is 0.500. The second-order valence-corrected chi connectivity index (χ2v) is 3.28. The third-order valence-corrected chi connectivity index (χ3v) is 2.03. The maximum Gasteiger partial charge on any atom is 0.172 e. The van der Waals surface area contributed by atoms with Gasteiger partial charge in [0.2, 0.25) is 0 Å². The molecule has 0 saturated heterocycles. The summed E-state index contributed by atoms with van der Waals surface area (Å²) < 4.78 is 1.93. The molecule has 0 fully saturated rings. The number of nitrogens with one attached hydrogen (secondary N) is 1. The number of aliphatic hydroxyl groups is 1. The van der Waals surface area contributed by atoms with Gasteiger partial charge in [0.1, 0.15) is 5.69 Å². The first-order valence-electron chi connectivity index (χ1n) is 4.23. The second-order valence-electron chi connectivity index (χ2n) is 3.28. The van der Waals surface area contributed by atoms with Crippen LogP contribution < -0.4 is 5.32 Å². The lowest BCUT2D eigenvalue weighted by molar-refractivity contribution is 0.159. The van der Waals surface area contributed by atoms with Gasteiger partial charge in [-0.15, -0.1) is 0 Å². The molecule has 5 nitrogen and oxygen atoms in total. The Labute approximate surface area is 76.1 Å². The summed E-state index contributed by atoms with van der Waals surface area (Å²) in [5, 5.41) is 12.2. The first-order valence-corrected chi connectivity index (χ1v) is 4.23. The van der Waals surface area contributed by atoms with Crippen molar-refractivity contribution in [2.75, 3.05) is 0 Å². The number of fused-ring (bicyclic) bond motifs is 1. The molecule has 1 aliphatic heterocycles. The van der Waals surface area contributed by atoms with Crippen LogP contribution in [0.1, 0.15) is 31.8 Å². The van der Waals surface area contributed by atoms with Crippen molar-refractivity contribution in [1.82, 2.24) is 14.9 Å². The van der Waals surface area contributed by atoms with Crippen molar-refractivity contribution in [3.8, 4) is 0 Å². The van der Waals surface area contributed by atoms with Crippen molar-refractivity contribution >= 4 is 12.2 Å². The molecule has 1 unspecified atom stereocenters. The molecule has 0 bridgehead atoms. The Morgan fingerprint density at radius 2 is 2.38 bits per heavy atom. The van der Waals surface area contributed by atoms with Crippen molar-refractivity contribution in [3.05, 3.63) is 12.0 Å². The van der Waals surface area contributed by atoms with Crippen LogP contribution >= 0.6 is 0 Å². The lowest BCUT2D eigenvalue weighted by atomic mass is 10.3. The largest absolute Gasteiger partial charge is 0.368 e. The minimum absolute atomic E-state index is 0.304. The van der Waals surface area contributed by atoms with E-state index in [0.29, 0.717) is 11.7 Å². The van der Waals surface area contributed by atoms with Crippen LogP contribution in [0.4, 0.5) is 5.82 Å². The van der Waals surface area contributed by atoms with Gasteiger partial charge in [0.25, 0.3) is 0 Å². The molecule has 0 saturated carbocycles. The van der Waals surface area contributed by atoms with E-state index in [2.05, 4.69) is 15.3 Å². The molecule has 2 rings (SSSR count). The highest BCUT2D eigenvalue weighted by molar-refractivity contribution is 5.64. The molecule has 1 aromatic heterocycles. The fourth-order valence-electron chi connectivity index (χ4n) is 1.32. The molecule has 1 atom stereocenters. The normalized spacial score (nSPS) is 20.2. The summed E-state index contributed by atoms with van der Waals surface area (Å²) in [7, 11) is 0. The van der Waals surface area contributed by atoms with Gasteiger partial charge in [-0.25, -0.2) is 9.98 Å². The van der Waals surface area contributed by atoms with Crippen LogP contribution in [-0.4, -0.2) is 21.0 Å². The molecule has 5 heteroatoms. The maximum atomic E-state index is 9.48. The Kier molecular flexibility index (Phi) is 1.81. The lowest BCUT2D eigenvalue weighted by Gasteiger charge is -2.15. The van der Waals surface area contributed by atoms with Gasteiger partial charge in [0.05, 0.1) is 12.7 Å². The highest BCUT2D eigenvalue weighted by atomic mass is 16.3. The first-order chi connectivity index (χ1) is 6.20. The summed E-state index contributed by atoms with van der Waals surface area (Å²) in [6, 6.07) is 0.304. The van der Waals surface area contributed by atoms with E-state index in [-0.39, 0.29) is 0 Å². The van der Waals surface area contributed by atoms with Crippen LogP contribution in [0.3, 0.4) is 0 Å². The van der Waals surface area contributed by atoms with Gasteiger partial charge in [-0.2, -0.15) is 0 Å². The average molecular weight is 180 g/mol. The molecule has 0 radical (unpaired) electrons. The Morgan fingerprint density at radius 3 is 3.08 bits per heavy atom. The van der Waals surface area contributed by atoms with E-state index in [9.17, 15) is 5.11 Å². The number of nitrogens with zero attached hydrogens (tertiary/aromatic N) is 3. The van der Waals surface area contributed by atoms with Crippen molar-refractivity contribution in [2.24, 2.45) is 4.99 Å². The molecule has 0 spiro atoms. The van der Waals surface area contributed by atoms with E-state index in [0.717, 1.165) is 5.82 Å². The molecule has 0 aliphatic carbocycles. The van der Waals surface area contributed by atoms with Crippen molar-refractivity contribution in [3.63, 3.8) is 0 Å². The third kappa shape index (κ3) is 1.21. The van der Waals surface area contributed by atoms with Gasteiger partial charge < -0.3 is 15.0 Å². The van der Waals surface area contributed by atoms with E-state index < -0.39 is 6.23 Å². The number of hydrogen-bond donors (Lipinski definition) is 2. The minimum Gasteiger partial charge on any atom is -0.368 e. The molecule has 1 aliphatic rings. The van der Waals surface area contributed by atoms with Crippen LogP contribution in [0, 0.1) is 0 Å². The number of hydrogen-bond acceptors (Lipinski definition) is 4. The zero-order chi connectivity index (χ0) is 9.42. The number of aliphatic imine (C=N–C) groups is 1. The quantitative estimate of drug-likeness (QED) is 0.669. The molecular formula is C8H12N4O. The van der Waals surface area contributed by atoms with Crippen molar-refractivity contribution < 1.29 is 5.11 Å². The summed E-state index contributed by atoms with van der Waals surface area (Å²) in [5.41, 5.74) is 0.594. The van der Waals surface area contributed by atoms with E-state index >= 15 is 0 Å². The zero-order valence-corrected chi connectivity index (χ0v) is 7.60. The average Bonchev–Trinajstić information content (AvgIpc) is 2.48. The van der Waals surface area contributed by atoms with Gasteiger partial charge in [0, 0.05) is 6.04 Å². The van der Waals surface area contributed by atoms with Crippen LogP contribution in [0.15, 0.2) is 11.3 Å². The van der Waals surface area contributed by atoms with E-state index in [4.69, 9.17) is 0 Å². The molecule has 1 aromatic rings. The Morgan fingerprint density at radius 1 is 1.62 bits per heavy atom. The van der Waals surface area contributed by atoms with Gasteiger partial charge in [-0.1, -0.05) is 0 Å². The number of rotatable bonds is 1. The van der Waals surface area contributed by atoms with E-state index in [1.807, 2.05) is 18.4 Å². The molecule has 2 N–H and O–H groups in total. The first kappa shape index (κ1) is 8.25. The van der Waals surface area contributed by atoms with Gasteiger partial charge in [-0.05, 0) is 13.8 Å². The fourth-order valence-corrected chi connectivity index (χ4v) is 1.32. The van der Waals surface area contributed by atoms with Crippen LogP contribution in [0.5, 0.6) is 0 Å². The number of aromatic nitrogens is 2. The van der Waals surface area contributed by atoms with Crippen molar-refractivity contribution in [2.45, 2.75) is 26.1 Å².